The topological polar surface area (TPSA) is 120 Å². The second kappa shape index (κ2) is 11.7. The third-order valence-corrected chi connectivity index (χ3v) is 3.52. The van der Waals surface area contributed by atoms with E-state index in [1.54, 1.807) is 32.9 Å². The Morgan fingerprint density at radius 2 is 1.72 bits per heavy atom. The first-order valence-corrected chi connectivity index (χ1v) is 9.14. The van der Waals surface area contributed by atoms with Gasteiger partial charge in [-0.2, -0.15) is 0 Å². The van der Waals surface area contributed by atoms with Crippen molar-refractivity contribution in [3.8, 4) is 0 Å². The summed E-state index contributed by atoms with van der Waals surface area (Å²) in [6.07, 6.45) is -0.938. The molecule has 2 N–H and O–H groups in total. The van der Waals surface area contributed by atoms with Crippen LogP contribution in [0.2, 0.25) is 0 Å². The zero-order chi connectivity index (χ0) is 21.9. The number of amides is 2. The number of hydrogen-bond acceptors (Lipinski definition) is 7. The van der Waals surface area contributed by atoms with Crippen molar-refractivity contribution in [2.75, 3.05) is 13.7 Å². The highest BCUT2D eigenvalue weighted by atomic mass is 16.6. The minimum atomic E-state index is -1.09. The number of hydrogen-bond donors (Lipinski definition) is 2. The molecule has 0 fully saturated rings. The van der Waals surface area contributed by atoms with Crippen LogP contribution in [0.1, 0.15) is 39.2 Å². The number of methoxy groups -OCH3 is 1. The molecule has 0 heterocycles. The van der Waals surface area contributed by atoms with Gasteiger partial charge in [-0.3, -0.25) is 9.59 Å². The molecule has 9 nitrogen and oxygen atoms in total. The van der Waals surface area contributed by atoms with Gasteiger partial charge in [0.25, 0.3) is 0 Å². The van der Waals surface area contributed by atoms with Gasteiger partial charge in [0, 0.05) is 6.42 Å². The van der Waals surface area contributed by atoms with Crippen molar-refractivity contribution in [1.29, 1.82) is 0 Å². The van der Waals surface area contributed by atoms with Crippen LogP contribution in [0.5, 0.6) is 0 Å². The Kier molecular flexibility index (Phi) is 9.64. The first kappa shape index (κ1) is 23.9. The van der Waals surface area contributed by atoms with E-state index in [0.717, 1.165) is 5.56 Å². The monoisotopic (exact) mass is 408 g/mol. The van der Waals surface area contributed by atoms with Crippen molar-refractivity contribution in [1.82, 2.24) is 10.6 Å². The van der Waals surface area contributed by atoms with Crippen molar-refractivity contribution >= 4 is 23.9 Å². The van der Waals surface area contributed by atoms with Gasteiger partial charge in [-0.25, -0.2) is 9.59 Å². The van der Waals surface area contributed by atoms with Gasteiger partial charge in [0.15, 0.2) is 0 Å². The van der Waals surface area contributed by atoms with Crippen molar-refractivity contribution in [3.05, 3.63) is 35.9 Å². The van der Waals surface area contributed by atoms with Crippen LogP contribution in [0.15, 0.2) is 30.3 Å². The highest BCUT2D eigenvalue weighted by molar-refractivity contribution is 5.84. The molecule has 1 rings (SSSR count). The largest absolute Gasteiger partial charge is 0.468 e. The second-order valence-corrected chi connectivity index (χ2v) is 7.18. The Morgan fingerprint density at radius 3 is 2.31 bits per heavy atom. The van der Waals surface area contributed by atoms with E-state index in [0.29, 0.717) is 0 Å². The molecule has 0 aliphatic heterocycles. The predicted molar refractivity (Wildman–Crippen MR) is 104 cm³/mol. The second-order valence-electron chi connectivity index (χ2n) is 7.18. The van der Waals surface area contributed by atoms with Gasteiger partial charge in [-0.15, -0.1) is 0 Å². The van der Waals surface area contributed by atoms with Gasteiger partial charge in [0.1, 0.15) is 24.8 Å². The number of esters is 2. The first-order chi connectivity index (χ1) is 13.6. The molecule has 9 heteroatoms. The van der Waals surface area contributed by atoms with Crippen LogP contribution < -0.4 is 10.6 Å². The molecule has 29 heavy (non-hydrogen) atoms. The van der Waals surface area contributed by atoms with Crippen molar-refractivity contribution in [2.24, 2.45) is 0 Å². The van der Waals surface area contributed by atoms with Gasteiger partial charge >= 0.3 is 18.0 Å². The highest BCUT2D eigenvalue weighted by Crippen LogP contribution is 2.09. The van der Waals surface area contributed by atoms with E-state index in [1.807, 2.05) is 18.2 Å². The average Bonchev–Trinajstić information content (AvgIpc) is 2.66. The van der Waals surface area contributed by atoms with E-state index in [1.165, 1.54) is 7.11 Å². The van der Waals surface area contributed by atoms with E-state index in [-0.39, 0.29) is 26.0 Å². The SMILES string of the molecule is COC(=O)CNC(=O)CC[C@H](NC(=O)OC(C)(C)C)C(=O)OCc1ccccc1. The van der Waals surface area contributed by atoms with Gasteiger partial charge in [0.2, 0.25) is 5.91 Å². The molecule has 0 radical (unpaired) electrons. The van der Waals surface area contributed by atoms with Crippen LogP contribution in [-0.4, -0.2) is 49.2 Å². The molecule has 1 aromatic rings. The molecular weight excluding hydrogens is 380 g/mol. The maximum Gasteiger partial charge on any atom is 0.408 e. The number of nitrogens with one attached hydrogen (secondary N) is 2. The van der Waals surface area contributed by atoms with E-state index in [9.17, 15) is 19.2 Å². The third kappa shape index (κ3) is 10.7. The molecule has 0 saturated carbocycles. The number of carbonyl (C=O) groups is 4. The summed E-state index contributed by atoms with van der Waals surface area (Å²) in [6, 6.07) is 7.97. The zero-order valence-electron chi connectivity index (χ0n) is 17.2. The third-order valence-electron chi connectivity index (χ3n) is 3.52. The number of rotatable bonds is 9. The summed E-state index contributed by atoms with van der Waals surface area (Å²) in [4.78, 5) is 47.4. The molecule has 1 aromatic carbocycles. The Bertz CT molecular complexity index is 699. The van der Waals surface area contributed by atoms with Crippen LogP contribution in [0.25, 0.3) is 0 Å². The lowest BCUT2D eigenvalue weighted by Gasteiger charge is -2.23. The van der Waals surface area contributed by atoms with E-state index in [4.69, 9.17) is 9.47 Å². The normalized spacial score (nSPS) is 11.7. The summed E-state index contributed by atoms with van der Waals surface area (Å²) in [7, 11) is 1.21. The first-order valence-electron chi connectivity index (χ1n) is 9.14. The van der Waals surface area contributed by atoms with Crippen molar-refractivity contribution in [3.63, 3.8) is 0 Å². The molecule has 0 bridgehead atoms. The molecule has 0 saturated heterocycles. The number of ether oxygens (including phenoxy) is 3. The minimum Gasteiger partial charge on any atom is -0.468 e. The van der Waals surface area contributed by atoms with Crippen LogP contribution in [0.4, 0.5) is 4.79 Å². The Labute approximate surface area is 170 Å². The van der Waals surface area contributed by atoms with Gasteiger partial charge in [-0.05, 0) is 32.8 Å². The predicted octanol–water partition coefficient (Wildman–Crippen LogP) is 1.69. The molecule has 0 aliphatic rings. The maximum atomic E-state index is 12.4. The van der Waals surface area contributed by atoms with Gasteiger partial charge in [-0.1, -0.05) is 30.3 Å². The molecule has 0 aliphatic carbocycles. The van der Waals surface area contributed by atoms with Gasteiger partial charge in [0.05, 0.1) is 7.11 Å². The minimum absolute atomic E-state index is 0.0279. The lowest BCUT2D eigenvalue weighted by Crippen LogP contribution is -2.45. The Balaban J connectivity index is 2.66. The Hall–Kier alpha value is -3.10. The molecule has 0 spiro atoms. The summed E-state index contributed by atoms with van der Waals surface area (Å²) < 4.78 is 14.9. The number of carbonyl (C=O) groups excluding carboxylic acids is 4. The summed E-state index contributed by atoms with van der Waals surface area (Å²) in [6.45, 7) is 4.82. The Morgan fingerprint density at radius 1 is 1.07 bits per heavy atom. The number of benzene rings is 1. The summed E-state index contributed by atoms with van der Waals surface area (Å²) in [5.74, 6) is -1.76. The van der Waals surface area contributed by atoms with Crippen LogP contribution >= 0.6 is 0 Å². The molecule has 1 atom stereocenters. The zero-order valence-corrected chi connectivity index (χ0v) is 17.2. The summed E-state index contributed by atoms with van der Waals surface area (Å²) in [5, 5.41) is 4.80. The molecule has 0 aromatic heterocycles. The fourth-order valence-electron chi connectivity index (χ4n) is 2.13. The van der Waals surface area contributed by atoms with E-state index < -0.39 is 35.6 Å². The fraction of sp³-hybridized carbons (Fsp3) is 0.500. The van der Waals surface area contributed by atoms with E-state index in [2.05, 4.69) is 15.4 Å². The molecule has 2 amide bonds. The average molecular weight is 408 g/mol. The van der Waals surface area contributed by atoms with Crippen LogP contribution in [0.3, 0.4) is 0 Å². The number of alkyl carbamates (subject to hydrolysis) is 1. The lowest BCUT2D eigenvalue weighted by molar-refractivity contribution is -0.148. The maximum absolute atomic E-state index is 12.4. The van der Waals surface area contributed by atoms with Crippen LogP contribution in [0, 0.1) is 0 Å². The highest BCUT2D eigenvalue weighted by Gasteiger charge is 2.26. The van der Waals surface area contributed by atoms with Crippen molar-refractivity contribution < 1.29 is 33.4 Å². The van der Waals surface area contributed by atoms with Gasteiger partial charge < -0.3 is 24.8 Å². The standard InChI is InChI=1S/C20H28N2O7/c1-20(2,3)29-19(26)22-15(10-11-16(23)21-12-17(24)27-4)18(25)28-13-14-8-6-5-7-9-14/h5-9,15H,10-13H2,1-4H3,(H,21,23)(H,22,26)/t15-/m0/s1. The summed E-state index contributed by atoms with van der Waals surface area (Å²) in [5.41, 5.74) is 0.0354. The van der Waals surface area contributed by atoms with E-state index >= 15 is 0 Å². The molecule has 160 valence electrons. The quantitative estimate of drug-likeness (QED) is 0.471. The molecule has 0 unspecified atom stereocenters. The van der Waals surface area contributed by atoms with Crippen LogP contribution in [-0.2, 0) is 35.2 Å². The smallest absolute Gasteiger partial charge is 0.408 e. The molecular formula is C20H28N2O7. The lowest BCUT2D eigenvalue weighted by atomic mass is 10.1. The fourth-order valence-corrected chi connectivity index (χ4v) is 2.13. The summed E-state index contributed by atoms with van der Waals surface area (Å²) >= 11 is 0. The van der Waals surface area contributed by atoms with Crippen molar-refractivity contribution in [2.45, 2.75) is 51.9 Å².